The van der Waals surface area contributed by atoms with Gasteiger partial charge in [0.15, 0.2) is 0 Å². The molecule has 2 saturated heterocycles. The molecule has 0 spiro atoms. The predicted molar refractivity (Wildman–Crippen MR) is 172 cm³/mol. The highest BCUT2D eigenvalue weighted by atomic mass is 32.2. The fourth-order valence-corrected chi connectivity index (χ4v) is 8.14. The molecule has 4 N–H and O–H groups in total. The molecule has 3 aromatic rings. The van der Waals surface area contributed by atoms with Crippen LogP contribution in [0.15, 0.2) is 42.6 Å². The number of ether oxygens (including phenoxy) is 1. The Bertz CT molecular complexity index is 1470. The molecule has 2 aliphatic heterocycles. The summed E-state index contributed by atoms with van der Waals surface area (Å²) >= 11 is 0. The third kappa shape index (κ3) is 8.25. The molecule has 9 nitrogen and oxygen atoms in total. The zero-order chi connectivity index (χ0) is 30.2. The van der Waals surface area contributed by atoms with E-state index < -0.39 is 10.0 Å². The summed E-state index contributed by atoms with van der Waals surface area (Å²) in [4.78, 5) is 18.0. The molecule has 2 fully saturated rings. The minimum Gasteiger partial charge on any atom is -0.385 e. The number of carbonyl (C=O) groups excluding carboxylic acids is 1. The standard InChI is InChI=1S/C33H47N5O4S/c1-42-17-6-18-43(40,41)38-14-9-26(10-15-38)31-24-36-33-29(22-32(34)39)20-28(21-30(31)33)27-8-5-7-25(19-27)23-35-11-16-37-12-3-2-4-13-37/h5,7-8,19-21,24,26,35-36H,2-4,6,9-18,22-23H2,1H3,(H2,34,39). The summed E-state index contributed by atoms with van der Waals surface area (Å²) in [6.45, 7) is 6.74. The number of primary amides is 1. The third-order valence-electron chi connectivity index (χ3n) is 8.95. The van der Waals surface area contributed by atoms with Gasteiger partial charge in [-0.15, -0.1) is 0 Å². The number of amides is 1. The lowest BCUT2D eigenvalue weighted by Crippen LogP contribution is -2.39. The van der Waals surface area contributed by atoms with Crippen molar-refractivity contribution in [3.05, 3.63) is 59.3 Å². The highest BCUT2D eigenvalue weighted by Crippen LogP contribution is 2.37. The van der Waals surface area contributed by atoms with Crippen molar-refractivity contribution < 1.29 is 17.9 Å². The number of aromatic amines is 1. The van der Waals surface area contributed by atoms with Crippen LogP contribution in [0.2, 0.25) is 0 Å². The van der Waals surface area contributed by atoms with Crippen molar-refractivity contribution in [1.82, 2.24) is 19.5 Å². The molecule has 3 heterocycles. The van der Waals surface area contributed by atoms with Crippen LogP contribution >= 0.6 is 0 Å². The van der Waals surface area contributed by atoms with E-state index in [1.54, 1.807) is 11.4 Å². The van der Waals surface area contributed by atoms with Gasteiger partial charge in [0.2, 0.25) is 15.9 Å². The molecule has 43 heavy (non-hydrogen) atoms. The second-order valence-electron chi connectivity index (χ2n) is 12.1. The van der Waals surface area contributed by atoms with Gasteiger partial charge in [0.05, 0.1) is 12.2 Å². The minimum atomic E-state index is -3.29. The first-order chi connectivity index (χ1) is 20.8. The van der Waals surface area contributed by atoms with Crippen LogP contribution in [0, 0.1) is 0 Å². The maximum absolute atomic E-state index is 12.8. The second-order valence-corrected chi connectivity index (χ2v) is 14.1. The number of likely N-dealkylation sites (tertiary alicyclic amines) is 1. The number of piperidine rings is 2. The zero-order valence-corrected chi connectivity index (χ0v) is 26.3. The minimum absolute atomic E-state index is 0.117. The Morgan fingerprint density at radius 2 is 1.86 bits per heavy atom. The van der Waals surface area contributed by atoms with Crippen molar-refractivity contribution in [2.75, 3.05) is 58.7 Å². The van der Waals surface area contributed by atoms with E-state index in [0.717, 1.165) is 60.1 Å². The highest BCUT2D eigenvalue weighted by Gasteiger charge is 2.29. The molecule has 0 saturated carbocycles. The molecule has 0 radical (unpaired) electrons. The Labute approximate surface area is 256 Å². The molecule has 2 aliphatic rings. The van der Waals surface area contributed by atoms with Gasteiger partial charge in [-0.1, -0.05) is 24.6 Å². The summed E-state index contributed by atoms with van der Waals surface area (Å²) in [6.07, 6.45) is 8.17. The number of rotatable bonds is 14. The molecular weight excluding hydrogens is 562 g/mol. The first kappa shape index (κ1) is 31.7. The normalized spacial score (nSPS) is 17.5. The fourth-order valence-electron chi connectivity index (χ4n) is 6.63. The fraction of sp³-hybridized carbons (Fsp3) is 0.545. The van der Waals surface area contributed by atoms with Crippen LogP contribution in [-0.2, 0) is 32.5 Å². The second kappa shape index (κ2) is 14.8. The first-order valence-electron chi connectivity index (χ1n) is 15.8. The van der Waals surface area contributed by atoms with E-state index in [1.807, 2.05) is 6.20 Å². The van der Waals surface area contributed by atoms with E-state index in [4.69, 9.17) is 10.5 Å². The van der Waals surface area contributed by atoms with Gasteiger partial charge in [-0.2, -0.15) is 0 Å². The largest absolute Gasteiger partial charge is 0.385 e. The summed E-state index contributed by atoms with van der Waals surface area (Å²) in [5.41, 5.74) is 12.0. The predicted octanol–water partition coefficient (Wildman–Crippen LogP) is 3.98. The van der Waals surface area contributed by atoms with E-state index in [-0.39, 0.29) is 24.0 Å². The van der Waals surface area contributed by atoms with Crippen molar-refractivity contribution >= 4 is 26.8 Å². The van der Waals surface area contributed by atoms with E-state index in [1.165, 1.54) is 43.5 Å². The molecule has 234 valence electrons. The highest BCUT2D eigenvalue weighted by molar-refractivity contribution is 7.89. The van der Waals surface area contributed by atoms with E-state index >= 15 is 0 Å². The monoisotopic (exact) mass is 609 g/mol. The Morgan fingerprint density at radius 3 is 2.60 bits per heavy atom. The van der Waals surface area contributed by atoms with Crippen LogP contribution < -0.4 is 11.1 Å². The summed E-state index contributed by atoms with van der Waals surface area (Å²) in [6, 6.07) is 12.9. The molecule has 1 aromatic heterocycles. The molecule has 0 atom stereocenters. The van der Waals surface area contributed by atoms with Crippen molar-refractivity contribution in [3.8, 4) is 11.1 Å². The molecule has 5 rings (SSSR count). The van der Waals surface area contributed by atoms with Crippen LogP contribution in [0.4, 0.5) is 0 Å². The first-order valence-corrected chi connectivity index (χ1v) is 17.4. The lowest BCUT2D eigenvalue weighted by Gasteiger charge is -2.31. The molecular formula is C33H47N5O4S. The van der Waals surface area contributed by atoms with Crippen LogP contribution in [0.1, 0.15) is 61.1 Å². The molecule has 1 amide bonds. The van der Waals surface area contributed by atoms with Crippen LogP contribution in [0.5, 0.6) is 0 Å². The molecule has 0 unspecified atom stereocenters. The van der Waals surface area contributed by atoms with E-state index in [0.29, 0.717) is 26.1 Å². The smallest absolute Gasteiger partial charge is 0.221 e. The van der Waals surface area contributed by atoms with Crippen LogP contribution in [0.3, 0.4) is 0 Å². The van der Waals surface area contributed by atoms with Crippen molar-refractivity contribution in [1.29, 1.82) is 0 Å². The van der Waals surface area contributed by atoms with E-state index in [2.05, 4.69) is 51.6 Å². The average Bonchev–Trinajstić information content (AvgIpc) is 3.44. The molecule has 2 aromatic carbocycles. The zero-order valence-electron chi connectivity index (χ0n) is 25.4. The van der Waals surface area contributed by atoms with Crippen molar-refractivity contribution in [2.24, 2.45) is 5.73 Å². The summed E-state index contributed by atoms with van der Waals surface area (Å²) < 4.78 is 32.3. The number of fused-ring (bicyclic) bond motifs is 1. The number of H-pyrrole nitrogens is 1. The molecule has 0 bridgehead atoms. The summed E-state index contributed by atoms with van der Waals surface area (Å²) in [5, 5.41) is 4.69. The van der Waals surface area contributed by atoms with Gasteiger partial charge in [0, 0.05) is 63.5 Å². The number of hydrogen-bond acceptors (Lipinski definition) is 6. The van der Waals surface area contributed by atoms with Gasteiger partial charge < -0.3 is 25.7 Å². The van der Waals surface area contributed by atoms with Gasteiger partial charge in [-0.3, -0.25) is 4.79 Å². The van der Waals surface area contributed by atoms with Crippen molar-refractivity contribution in [2.45, 2.75) is 57.4 Å². The average molecular weight is 610 g/mol. The number of methoxy groups -OCH3 is 1. The van der Waals surface area contributed by atoms with Crippen LogP contribution in [0.25, 0.3) is 22.0 Å². The van der Waals surface area contributed by atoms with Crippen molar-refractivity contribution in [3.63, 3.8) is 0 Å². The summed E-state index contributed by atoms with van der Waals surface area (Å²) in [7, 11) is -1.70. The van der Waals surface area contributed by atoms with Gasteiger partial charge in [0.25, 0.3) is 0 Å². The Hall–Kier alpha value is -2.76. The lowest BCUT2D eigenvalue weighted by molar-refractivity contribution is -0.117. The number of sulfonamides is 1. The number of nitrogens with zero attached hydrogens (tertiary/aromatic N) is 2. The van der Waals surface area contributed by atoms with Gasteiger partial charge in [0.1, 0.15) is 0 Å². The number of carbonyl (C=O) groups is 1. The van der Waals surface area contributed by atoms with Gasteiger partial charge in [-0.05, 0) is 97.1 Å². The molecule has 10 heteroatoms. The Balaban J connectivity index is 1.32. The number of hydrogen-bond donors (Lipinski definition) is 3. The quantitative estimate of drug-likeness (QED) is 0.238. The maximum Gasteiger partial charge on any atom is 0.221 e. The number of nitrogens with one attached hydrogen (secondary N) is 2. The number of aromatic nitrogens is 1. The Morgan fingerprint density at radius 1 is 1.07 bits per heavy atom. The number of nitrogens with two attached hydrogens (primary N) is 1. The van der Waals surface area contributed by atoms with Crippen LogP contribution in [-0.4, -0.2) is 87.3 Å². The third-order valence-corrected chi connectivity index (χ3v) is 10.9. The van der Waals surface area contributed by atoms with E-state index in [9.17, 15) is 13.2 Å². The van der Waals surface area contributed by atoms with Gasteiger partial charge in [-0.25, -0.2) is 12.7 Å². The lowest BCUT2D eigenvalue weighted by atomic mass is 9.88. The Kier molecular flexibility index (Phi) is 10.9. The number of benzene rings is 2. The van der Waals surface area contributed by atoms with Gasteiger partial charge >= 0.3 is 0 Å². The SMILES string of the molecule is COCCCS(=O)(=O)N1CCC(c2c[nH]c3c(CC(N)=O)cc(-c4cccc(CNCCN5CCCCC5)c4)cc23)CC1. The topological polar surface area (TPSA) is 121 Å². The maximum atomic E-state index is 12.8. The molecule has 0 aliphatic carbocycles. The summed E-state index contributed by atoms with van der Waals surface area (Å²) in [5.74, 6) is -0.0228.